The molecule has 2 fully saturated rings. The van der Waals surface area contributed by atoms with Crippen LogP contribution in [0.3, 0.4) is 0 Å². The fraction of sp³-hybridized carbons (Fsp3) is 0.500. The Labute approximate surface area is 287 Å². The number of Topliss-reactive ketones (excluding diaryl/α,β-unsaturated/α-hetero) is 2. The molecule has 260 valence electrons. The van der Waals surface area contributed by atoms with Crippen molar-refractivity contribution in [2.75, 3.05) is 0 Å². The second kappa shape index (κ2) is 11.1. The molecule has 4 unspecified atom stereocenters. The topological polar surface area (TPSA) is 125 Å². The zero-order chi connectivity index (χ0) is 36.1. The minimum Gasteiger partial charge on any atom is -0.482 e. The van der Waals surface area contributed by atoms with Crippen molar-refractivity contribution in [1.82, 2.24) is 0 Å². The summed E-state index contributed by atoms with van der Waals surface area (Å²) in [6.45, 7) is 18.3. The van der Waals surface area contributed by atoms with E-state index in [4.69, 9.17) is 18.9 Å². The van der Waals surface area contributed by atoms with Crippen LogP contribution in [0.4, 0.5) is 0 Å². The lowest BCUT2D eigenvalue weighted by Crippen LogP contribution is -2.62. The summed E-state index contributed by atoms with van der Waals surface area (Å²) in [4.78, 5) is 54.1. The molecule has 0 aromatic heterocycles. The fourth-order valence-electron chi connectivity index (χ4n) is 8.95. The Morgan fingerprint density at radius 2 is 1.61 bits per heavy atom. The second-order valence-electron chi connectivity index (χ2n) is 15.6. The highest BCUT2D eigenvalue weighted by atomic mass is 16.6. The molecule has 0 radical (unpaired) electrons. The van der Waals surface area contributed by atoms with E-state index in [1.807, 2.05) is 66.7 Å². The van der Waals surface area contributed by atoms with Gasteiger partial charge >= 0.3 is 11.9 Å². The van der Waals surface area contributed by atoms with E-state index in [1.165, 1.54) is 25.5 Å². The largest absolute Gasteiger partial charge is 0.482 e. The number of hydrogen-bond donors (Lipinski definition) is 1. The number of esters is 1. The standard InChI is InChI=1S/C40H46O9/c1-21(2)12-11-17-37(9)18-16-26-30(47-37)25(14-13-22(3)4)32-28(31(26)46-24(6)41)29(42)27-20-38(10)34-36(7,8)49-39(35(38)45,40(27,34)48-32)19-15-23(5)33(43)44/h12-13,15-16,18,20,34H,11,14,17,19H2,1-10H3,(H,43,44)/b23-15-/t34?,37?,38-,39?,40?/m1/s1. The smallest absolute Gasteiger partial charge is 0.330 e. The van der Waals surface area contributed by atoms with Crippen LogP contribution in [0.1, 0.15) is 110 Å². The third-order valence-electron chi connectivity index (χ3n) is 10.8. The minimum atomic E-state index is -1.69. The van der Waals surface area contributed by atoms with Crippen LogP contribution < -0.4 is 14.2 Å². The molecule has 4 bridgehead atoms. The third kappa shape index (κ3) is 4.83. The first-order valence-corrected chi connectivity index (χ1v) is 16.9. The van der Waals surface area contributed by atoms with Gasteiger partial charge in [-0.1, -0.05) is 35.5 Å². The van der Waals surface area contributed by atoms with Gasteiger partial charge in [-0.15, -0.1) is 0 Å². The van der Waals surface area contributed by atoms with E-state index < -0.39 is 51.5 Å². The third-order valence-corrected chi connectivity index (χ3v) is 10.8. The number of allylic oxidation sites excluding steroid dienone is 5. The molecule has 3 aliphatic heterocycles. The number of carboxylic acids is 1. The van der Waals surface area contributed by atoms with Crippen molar-refractivity contribution in [3.63, 3.8) is 0 Å². The maximum absolute atomic E-state index is 15.1. The highest BCUT2D eigenvalue weighted by molar-refractivity contribution is 6.21. The maximum Gasteiger partial charge on any atom is 0.330 e. The summed E-state index contributed by atoms with van der Waals surface area (Å²) in [7, 11) is 0. The van der Waals surface area contributed by atoms with Crippen molar-refractivity contribution in [3.8, 4) is 17.2 Å². The van der Waals surface area contributed by atoms with E-state index in [0.29, 0.717) is 29.7 Å². The number of carbonyl (C=O) groups is 4. The molecule has 1 N–H and O–H groups in total. The molecule has 6 rings (SSSR count). The van der Waals surface area contributed by atoms with Crippen molar-refractivity contribution in [1.29, 1.82) is 0 Å². The van der Waals surface area contributed by atoms with Gasteiger partial charge in [0.2, 0.25) is 0 Å². The van der Waals surface area contributed by atoms with E-state index in [1.54, 1.807) is 13.0 Å². The van der Waals surface area contributed by atoms with Gasteiger partial charge in [-0.05, 0) is 93.7 Å². The van der Waals surface area contributed by atoms with Crippen LogP contribution in [-0.4, -0.2) is 51.0 Å². The number of hydrogen-bond acceptors (Lipinski definition) is 8. The summed E-state index contributed by atoms with van der Waals surface area (Å²) < 4.78 is 26.6. The van der Waals surface area contributed by atoms with Crippen molar-refractivity contribution in [3.05, 3.63) is 69.4 Å². The number of rotatable bonds is 9. The molecule has 1 aromatic rings. The van der Waals surface area contributed by atoms with E-state index in [9.17, 15) is 19.5 Å². The Kier molecular flexibility index (Phi) is 7.87. The molecule has 3 heterocycles. The summed E-state index contributed by atoms with van der Waals surface area (Å²) in [5.74, 6) is -2.34. The number of fused-ring (bicyclic) bond motifs is 2. The highest BCUT2D eigenvalue weighted by Gasteiger charge is 2.89. The molecular formula is C40H46O9. The van der Waals surface area contributed by atoms with Gasteiger partial charge in [0.15, 0.2) is 28.5 Å². The number of aliphatic carboxylic acids is 1. The first-order valence-electron chi connectivity index (χ1n) is 16.9. The van der Waals surface area contributed by atoms with Crippen LogP contribution in [0.25, 0.3) is 6.08 Å². The average Bonchev–Trinajstić information content (AvgIpc) is 3.45. The van der Waals surface area contributed by atoms with Gasteiger partial charge in [-0.3, -0.25) is 14.4 Å². The number of carbonyl (C=O) groups excluding carboxylic acids is 3. The first kappa shape index (κ1) is 34.6. The van der Waals surface area contributed by atoms with Crippen molar-refractivity contribution in [2.24, 2.45) is 11.3 Å². The van der Waals surface area contributed by atoms with Gasteiger partial charge in [-0.2, -0.15) is 0 Å². The zero-order valence-corrected chi connectivity index (χ0v) is 30.1. The van der Waals surface area contributed by atoms with Gasteiger partial charge in [0.05, 0.1) is 22.5 Å². The van der Waals surface area contributed by atoms with Gasteiger partial charge in [0.1, 0.15) is 22.7 Å². The normalized spacial score (nSPS) is 31.2. The van der Waals surface area contributed by atoms with Gasteiger partial charge in [-0.25, -0.2) is 4.79 Å². The summed E-state index contributed by atoms with van der Waals surface area (Å²) >= 11 is 0. The molecule has 0 amide bonds. The van der Waals surface area contributed by atoms with Gasteiger partial charge in [0, 0.05) is 30.1 Å². The Bertz CT molecular complexity index is 1880. The van der Waals surface area contributed by atoms with E-state index >= 15 is 4.79 Å². The molecule has 5 aliphatic rings. The van der Waals surface area contributed by atoms with Crippen molar-refractivity contribution in [2.45, 2.75) is 117 Å². The molecule has 1 saturated heterocycles. The second-order valence-corrected chi connectivity index (χ2v) is 15.6. The fourth-order valence-corrected chi connectivity index (χ4v) is 8.95. The van der Waals surface area contributed by atoms with Crippen molar-refractivity contribution >= 4 is 29.6 Å². The van der Waals surface area contributed by atoms with Gasteiger partial charge in [0.25, 0.3) is 0 Å². The summed E-state index contributed by atoms with van der Waals surface area (Å²) in [5, 5.41) is 9.70. The molecule has 1 saturated carbocycles. The number of ketones is 2. The number of benzene rings is 1. The Balaban J connectivity index is 1.64. The predicted octanol–water partition coefficient (Wildman–Crippen LogP) is 7.46. The summed E-state index contributed by atoms with van der Waals surface area (Å²) in [6.07, 6.45) is 12.8. The highest BCUT2D eigenvalue weighted by Crippen LogP contribution is 2.75. The molecule has 9 nitrogen and oxygen atoms in total. The number of ether oxygens (including phenoxy) is 4. The van der Waals surface area contributed by atoms with Crippen LogP contribution in [0.2, 0.25) is 0 Å². The van der Waals surface area contributed by atoms with E-state index in [-0.39, 0.29) is 40.4 Å². The lowest BCUT2D eigenvalue weighted by atomic mass is 9.70. The van der Waals surface area contributed by atoms with Crippen molar-refractivity contribution < 1.29 is 43.2 Å². The lowest BCUT2D eigenvalue weighted by molar-refractivity contribution is -0.179. The lowest BCUT2D eigenvalue weighted by Gasteiger charge is -2.46. The Morgan fingerprint density at radius 3 is 2.22 bits per heavy atom. The number of carboxylic acid groups (broad SMARTS) is 1. The van der Waals surface area contributed by atoms with Crippen LogP contribution in [-0.2, 0) is 25.5 Å². The SMILES string of the molecule is CC(=O)Oc1c2c(c(CC=C(C)C)c3c1C(=O)C1=C[C@@]4(C)C(=O)C5(C/C=C(/C)C(=O)O)OC(C)(C)C4C15O3)OC(C)(CCC=C(C)C)C=C2. The summed E-state index contributed by atoms with van der Waals surface area (Å²) in [6, 6.07) is 0. The monoisotopic (exact) mass is 670 g/mol. The van der Waals surface area contributed by atoms with E-state index in [2.05, 4.69) is 6.08 Å². The van der Waals surface area contributed by atoms with Crippen LogP contribution in [0, 0.1) is 11.3 Å². The molecule has 1 spiro atoms. The first-order chi connectivity index (χ1) is 22.7. The zero-order valence-electron chi connectivity index (χ0n) is 30.1. The Morgan fingerprint density at radius 1 is 0.939 bits per heavy atom. The van der Waals surface area contributed by atoms with Crippen LogP contribution in [0.5, 0.6) is 17.2 Å². The average molecular weight is 671 g/mol. The quantitative estimate of drug-likeness (QED) is 0.123. The molecular weight excluding hydrogens is 624 g/mol. The molecule has 2 aliphatic carbocycles. The maximum atomic E-state index is 15.1. The molecule has 1 aromatic carbocycles. The molecule has 5 atom stereocenters. The van der Waals surface area contributed by atoms with Crippen LogP contribution in [0.15, 0.2) is 52.7 Å². The summed E-state index contributed by atoms with van der Waals surface area (Å²) in [5.41, 5.74) is -2.34. The molecule has 49 heavy (non-hydrogen) atoms. The molecule has 9 heteroatoms. The minimum absolute atomic E-state index is 0.0456. The predicted molar refractivity (Wildman–Crippen MR) is 184 cm³/mol. The van der Waals surface area contributed by atoms with E-state index in [0.717, 1.165) is 12.0 Å². The van der Waals surface area contributed by atoms with Crippen LogP contribution >= 0.6 is 0 Å². The Hall–Kier alpha value is -4.24. The van der Waals surface area contributed by atoms with Gasteiger partial charge < -0.3 is 24.1 Å².